The summed E-state index contributed by atoms with van der Waals surface area (Å²) in [5.74, 6) is -0.847. The Morgan fingerprint density at radius 3 is 2.62 bits per heavy atom. The molecule has 0 radical (unpaired) electrons. The zero-order chi connectivity index (χ0) is 15.0. The number of likely N-dealkylation sites (N-methyl/N-ethyl adjacent to an activating group) is 2. The van der Waals surface area contributed by atoms with Crippen molar-refractivity contribution in [3.05, 3.63) is 23.8 Å². The molecule has 1 saturated heterocycles. The molecule has 0 spiro atoms. The van der Waals surface area contributed by atoms with Gasteiger partial charge < -0.3 is 14.7 Å². The molecule has 1 fully saturated rings. The van der Waals surface area contributed by atoms with Gasteiger partial charge in [0.2, 0.25) is 0 Å². The second kappa shape index (κ2) is 5.48. The Morgan fingerprint density at radius 2 is 1.90 bits per heavy atom. The molecule has 1 aromatic carbocycles. The lowest BCUT2D eigenvalue weighted by Crippen LogP contribution is -2.31. The quantitative estimate of drug-likeness (QED) is 0.785. The topological polar surface area (TPSA) is 43.9 Å². The summed E-state index contributed by atoms with van der Waals surface area (Å²) in [5.41, 5.74) is 2.28. The number of amides is 1. The largest absolute Gasteiger partial charge is 0.373 e. The van der Waals surface area contributed by atoms with Crippen LogP contribution in [0.3, 0.4) is 0 Å². The molecule has 2 heterocycles. The van der Waals surface area contributed by atoms with E-state index in [0.29, 0.717) is 5.56 Å². The van der Waals surface area contributed by atoms with Crippen molar-refractivity contribution in [2.24, 2.45) is 0 Å². The van der Waals surface area contributed by atoms with Gasteiger partial charge in [-0.25, -0.2) is 0 Å². The molecule has 0 unspecified atom stereocenters. The molecule has 2 aliphatic rings. The molecule has 0 aromatic heterocycles. The maximum atomic E-state index is 11.8. The molecule has 1 amide bonds. The lowest BCUT2D eigenvalue weighted by atomic mass is 10.1. The smallest absolute Gasteiger partial charge is 0.299 e. The number of carbonyl (C=O) groups excluding carboxylic acids is 2. The van der Waals surface area contributed by atoms with E-state index in [9.17, 15) is 9.59 Å². The molecule has 3 rings (SSSR count). The maximum Gasteiger partial charge on any atom is 0.299 e. The summed E-state index contributed by atoms with van der Waals surface area (Å²) < 4.78 is 0. The molecule has 0 saturated carbocycles. The Hall–Kier alpha value is -1.88. The molecule has 1 aromatic rings. The number of hydrogen-bond donors (Lipinski definition) is 0. The molecule has 2 aliphatic heterocycles. The van der Waals surface area contributed by atoms with Crippen LogP contribution >= 0.6 is 0 Å². The van der Waals surface area contributed by atoms with E-state index in [1.807, 2.05) is 12.1 Å². The first-order chi connectivity index (χ1) is 10.1. The molecule has 0 bridgehead atoms. The van der Waals surface area contributed by atoms with Gasteiger partial charge in [-0.3, -0.25) is 9.59 Å². The van der Waals surface area contributed by atoms with E-state index < -0.39 is 11.7 Å². The van der Waals surface area contributed by atoms with Crippen molar-refractivity contribution in [3.63, 3.8) is 0 Å². The third kappa shape index (κ3) is 2.53. The molecule has 5 nitrogen and oxygen atoms in total. The van der Waals surface area contributed by atoms with E-state index in [2.05, 4.69) is 16.8 Å². The highest BCUT2D eigenvalue weighted by Gasteiger charge is 2.33. The van der Waals surface area contributed by atoms with Gasteiger partial charge in [-0.1, -0.05) is 0 Å². The van der Waals surface area contributed by atoms with Crippen LogP contribution < -0.4 is 9.80 Å². The van der Waals surface area contributed by atoms with Crippen molar-refractivity contribution in [1.29, 1.82) is 0 Å². The van der Waals surface area contributed by atoms with Crippen LogP contribution in [0.2, 0.25) is 0 Å². The second-order valence-electron chi connectivity index (χ2n) is 5.87. The lowest BCUT2D eigenvalue weighted by molar-refractivity contribution is -0.114. The highest BCUT2D eigenvalue weighted by atomic mass is 16.2. The fourth-order valence-corrected chi connectivity index (χ4v) is 3.03. The molecule has 5 heteroatoms. The predicted molar refractivity (Wildman–Crippen MR) is 83.1 cm³/mol. The Morgan fingerprint density at radius 1 is 1.19 bits per heavy atom. The van der Waals surface area contributed by atoms with Crippen molar-refractivity contribution in [2.45, 2.75) is 12.8 Å². The third-order valence-electron chi connectivity index (χ3n) is 4.48. The standard InChI is InChI=1S/C16H21N3O2/c1-17(9-10-19-7-3-4-8-19)12-5-6-13-14(11-12)18(2)16(21)15(13)20/h5-6,11H,3-4,7-10H2,1-2H3. The first-order valence-electron chi connectivity index (χ1n) is 7.48. The minimum Gasteiger partial charge on any atom is -0.373 e. The number of nitrogens with zero attached hydrogens (tertiary/aromatic N) is 3. The molecule has 0 aliphatic carbocycles. The van der Waals surface area contributed by atoms with Gasteiger partial charge in [-0.05, 0) is 44.1 Å². The SMILES string of the molecule is CN(CCN1CCCC1)c1ccc2c(c1)N(C)C(=O)C2=O. The van der Waals surface area contributed by atoms with Crippen LogP contribution in [0.25, 0.3) is 0 Å². The van der Waals surface area contributed by atoms with Crippen LogP contribution in [-0.4, -0.2) is 56.9 Å². The van der Waals surface area contributed by atoms with Gasteiger partial charge in [0, 0.05) is 32.9 Å². The molecule has 0 N–H and O–H groups in total. The average molecular weight is 287 g/mol. The van der Waals surface area contributed by atoms with Gasteiger partial charge in [-0.15, -0.1) is 0 Å². The maximum absolute atomic E-state index is 11.8. The Labute approximate surface area is 125 Å². The van der Waals surface area contributed by atoms with Crippen molar-refractivity contribution >= 4 is 23.1 Å². The summed E-state index contributed by atoms with van der Waals surface area (Å²) in [6, 6.07) is 5.62. The number of benzene rings is 1. The Kier molecular flexibility index (Phi) is 3.68. The molecular weight excluding hydrogens is 266 g/mol. The zero-order valence-corrected chi connectivity index (χ0v) is 12.6. The number of likely N-dealkylation sites (tertiary alicyclic amines) is 1. The summed E-state index contributed by atoms with van der Waals surface area (Å²) in [5, 5.41) is 0. The first kappa shape index (κ1) is 14.1. The summed E-state index contributed by atoms with van der Waals surface area (Å²) >= 11 is 0. The fourth-order valence-electron chi connectivity index (χ4n) is 3.03. The summed E-state index contributed by atoms with van der Waals surface area (Å²) in [6.45, 7) is 4.40. The van der Waals surface area contributed by atoms with E-state index >= 15 is 0 Å². The monoisotopic (exact) mass is 287 g/mol. The zero-order valence-electron chi connectivity index (χ0n) is 12.6. The van der Waals surface area contributed by atoms with Gasteiger partial charge in [0.25, 0.3) is 11.7 Å². The first-order valence-corrected chi connectivity index (χ1v) is 7.48. The van der Waals surface area contributed by atoms with E-state index in [4.69, 9.17) is 0 Å². The molecule has 0 atom stereocenters. The third-order valence-corrected chi connectivity index (χ3v) is 4.48. The van der Waals surface area contributed by atoms with Crippen LogP contribution in [0.5, 0.6) is 0 Å². The number of fused-ring (bicyclic) bond motifs is 1. The van der Waals surface area contributed by atoms with E-state index in [1.54, 1.807) is 13.1 Å². The molecule has 21 heavy (non-hydrogen) atoms. The van der Waals surface area contributed by atoms with Crippen molar-refractivity contribution in [2.75, 3.05) is 50.1 Å². The van der Waals surface area contributed by atoms with Crippen LogP contribution in [-0.2, 0) is 4.79 Å². The highest BCUT2D eigenvalue weighted by Crippen LogP contribution is 2.31. The fraction of sp³-hybridized carbons (Fsp3) is 0.500. The number of Topliss-reactive ketones (excluding diaryl/α,β-unsaturated/α-hetero) is 1. The Bertz CT molecular complexity index is 579. The summed E-state index contributed by atoms with van der Waals surface area (Å²) in [4.78, 5) is 29.6. The number of carbonyl (C=O) groups is 2. The Balaban J connectivity index is 1.71. The van der Waals surface area contributed by atoms with Crippen LogP contribution in [0.1, 0.15) is 23.2 Å². The average Bonchev–Trinajstić information content (AvgIpc) is 3.09. The minimum atomic E-state index is -0.443. The second-order valence-corrected chi connectivity index (χ2v) is 5.87. The summed E-state index contributed by atoms with van der Waals surface area (Å²) in [7, 11) is 3.70. The van der Waals surface area contributed by atoms with Gasteiger partial charge in [-0.2, -0.15) is 0 Å². The van der Waals surface area contributed by atoms with Crippen molar-refractivity contribution < 1.29 is 9.59 Å². The number of ketones is 1. The minimum absolute atomic E-state index is 0.404. The summed E-state index contributed by atoms with van der Waals surface area (Å²) in [6.07, 6.45) is 2.61. The number of hydrogen-bond acceptors (Lipinski definition) is 4. The van der Waals surface area contributed by atoms with E-state index in [0.717, 1.165) is 24.5 Å². The molecule has 112 valence electrons. The number of rotatable bonds is 4. The lowest BCUT2D eigenvalue weighted by Gasteiger charge is -2.24. The van der Waals surface area contributed by atoms with E-state index in [-0.39, 0.29) is 0 Å². The van der Waals surface area contributed by atoms with Crippen molar-refractivity contribution in [1.82, 2.24) is 4.90 Å². The predicted octanol–water partition coefficient (Wildman–Crippen LogP) is 1.38. The molecular formula is C16H21N3O2. The van der Waals surface area contributed by atoms with Gasteiger partial charge in [0.15, 0.2) is 0 Å². The van der Waals surface area contributed by atoms with Crippen molar-refractivity contribution in [3.8, 4) is 0 Å². The van der Waals surface area contributed by atoms with Gasteiger partial charge in [0.05, 0.1) is 11.3 Å². The number of anilines is 2. The van der Waals surface area contributed by atoms with Crippen LogP contribution in [0, 0.1) is 0 Å². The van der Waals surface area contributed by atoms with Crippen LogP contribution in [0.15, 0.2) is 18.2 Å². The van der Waals surface area contributed by atoms with E-state index in [1.165, 1.54) is 30.8 Å². The normalized spacial score (nSPS) is 18.5. The van der Waals surface area contributed by atoms with Gasteiger partial charge >= 0.3 is 0 Å². The van der Waals surface area contributed by atoms with Gasteiger partial charge in [0.1, 0.15) is 0 Å². The highest BCUT2D eigenvalue weighted by molar-refractivity contribution is 6.52. The van der Waals surface area contributed by atoms with Crippen LogP contribution in [0.4, 0.5) is 11.4 Å².